The molecular formula is C28BF21O2. The van der Waals surface area contributed by atoms with E-state index >= 15 is 22.0 Å². The third-order valence-corrected chi connectivity index (χ3v) is 7.73. The third kappa shape index (κ3) is 4.34. The van der Waals surface area contributed by atoms with E-state index in [0.29, 0.717) is 0 Å². The van der Waals surface area contributed by atoms with Crippen molar-refractivity contribution in [2.45, 2.75) is 11.5 Å². The summed E-state index contributed by atoms with van der Waals surface area (Å²) in [6.07, 6.45) is 0. The van der Waals surface area contributed by atoms with Crippen molar-refractivity contribution in [3.8, 4) is 22.6 Å². The lowest BCUT2D eigenvalue weighted by atomic mass is 9.64. The van der Waals surface area contributed by atoms with Crippen LogP contribution in [0.25, 0.3) is 17.0 Å². The fourth-order valence-electron chi connectivity index (χ4n) is 5.44. The minimum absolute atomic E-state index is 2.47. The number of hydrogen-bond acceptors (Lipinski definition) is 2. The van der Waals surface area contributed by atoms with Crippen LogP contribution >= 0.6 is 0 Å². The van der Waals surface area contributed by atoms with Crippen LogP contribution in [0.15, 0.2) is 5.83 Å². The van der Waals surface area contributed by atoms with Crippen molar-refractivity contribution >= 4 is 12.9 Å². The summed E-state index contributed by atoms with van der Waals surface area (Å²) in [5, 5.41) is 0. The Hall–Kier alpha value is -5.19. The minimum atomic E-state index is -5.78. The summed E-state index contributed by atoms with van der Waals surface area (Å²) in [4.78, 5) is 0. The van der Waals surface area contributed by atoms with E-state index in [9.17, 15) is 70.2 Å². The summed E-state index contributed by atoms with van der Waals surface area (Å²) >= 11 is 0. The molecule has 4 aromatic rings. The van der Waals surface area contributed by atoms with Gasteiger partial charge in [0.1, 0.15) is 0 Å². The predicted molar refractivity (Wildman–Crippen MR) is 126 cm³/mol. The van der Waals surface area contributed by atoms with Gasteiger partial charge in [-0.05, 0) is 0 Å². The van der Waals surface area contributed by atoms with Crippen molar-refractivity contribution in [2.24, 2.45) is 0 Å². The Balaban J connectivity index is 1.72. The molecule has 0 amide bonds. The van der Waals surface area contributed by atoms with Gasteiger partial charge in [-0.25, -0.2) is 70.2 Å². The zero-order valence-corrected chi connectivity index (χ0v) is 23.3. The summed E-state index contributed by atoms with van der Waals surface area (Å²) in [6.45, 7) is 0. The molecule has 2 nitrogen and oxygen atoms in total. The Kier molecular flexibility index (Phi) is 8.03. The lowest BCUT2D eigenvalue weighted by molar-refractivity contribution is 0.0400. The number of rotatable bonds is 5. The molecule has 0 saturated carbocycles. The van der Waals surface area contributed by atoms with Gasteiger partial charge in [0.2, 0.25) is 34.9 Å². The highest BCUT2D eigenvalue weighted by atomic mass is 19.3. The van der Waals surface area contributed by atoms with Crippen molar-refractivity contribution < 1.29 is 102 Å². The van der Waals surface area contributed by atoms with E-state index in [2.05, 4.69) is 9.31 Å². The topological polar surface area (TPSA) is 18.5 Å². The Labute approximate surface area is 270 Å². The third-order valence-electron chi connectivity index (χ3n) is 7.73. The van der Waals surface area contributed by atoms with Gasteiger partial charge in [-0.15, -0.1) is 0 Å². The predicted octanol–water partition coefficient (Wildman–Crippen LogP) is 10.0. The molecule has 2 aliphatic rings. The molecule has 0 aliphatic heterocycles. The maximum atomic E-state index is 16.8. The lowest BCUT2D eigenvalue weighted by Crippen LogP contribution is -2.50. The van der Waals surface area contributed by atoms with E-state index in [0.717, 1.165) is 0 Å². The van der Waals surface area contributed by atoms with Crippen molar-refractivity contribution in [2.75, 3.05) is 0 Å². The maximum absolute atomic E-state index is 16.8. The molecule has 1 atom stereocenters. The fraction of sp³-hybridized carbons (Fsp3) is 0.0714. The molecule has 0 N–H and O–H groups in total. The van der Waals surface area contributed by atoms with Crippen LogP contribution in [0, 0.1) is 93.1 Å². The smallest absolute Gasteiger partial charge is 0.521 e. The van der Waals surface area contributed by atoms with E-state index < -0.39 is 168 Å². The van der Waals surface area contributed by atoms with Crippen LogP contribution < -0.4 is 9.31 Å². The average molecular weight is 778 g/mol. The highest BCUT2D eigenvalue weighted by Gasteiger charge is 2.67. The van der Waals surface area contributed by atoms with Crippen LogP contribution in [-0.2, 0) is 11.5 Å². The Morgan fingerprint density at radius 2 is 0.654 bits per heavy atom. The van der Waals surface area contributed by atoms with Crippen LogP contribution in [0.4, 0.5) is 92.2 Å². The second-order valence-electron chi connectivity index (χ2n) is 10.4. The summed E-state index contributed by atoms with van der Waals surface area (Å²) in [6, 6.07) is 0. The van der Waals surface area contributed by atoms with E-state index in [1.807, 2.05) is 0 Å². The van der Waals surface area contributed by atoms with E-state index in [1.165, 1.54) is 0 Å². The van der Waals surface area contributed by atoms with Gasteiger partial charge in [-0.3, -0.25) is 0 Å². The molecule has 6 rings (SSSR count). The van der Waals surface area contributed by atoms with Crippen LogP contribution in [0.1, 0.15) is 22.3 Å². The minimum Gasteiger partial charge on any atom is -0.521 e. The second kappa shape index (κ2) is 11.4. The molecule has 52 heavy (non-hydrogen) atoms. The van der Waals surface area contributed by atoms with E-state index in [1.54, 1.807) is 0 Å². The summed E-state index contributed by atoms with van der Waals surface area (Å²) in [5.74, 6) is -68.7. The maximum Gasteiger partial charge on any atom is 0.647 e. The number of hydrogen-bond donors (Lipinski definition) is 0. The zero-order valence-electron chi connectivity index (χ0n) is 23.3. The summed E-state index contributed by atoms with van der Waals surface area (Å²) < 4.78 is 318. The normalized spacial score (nSPS) is 17.1. The van der Waals surface area contributed by atoms with Gasteiger partial charge < -0.3 is 9.31 Å². The molecule has 0 radical (unpaired) electrons. The quantitative estimate of drug-likeness (QED) is 0.0870. The molecule has 0 saturated heterocycles. The molecule has 0 bridgehead atoms. The molecule has 274 valence electrons. The number of fused-ring (bicyclic) bond motifs is 4. The molecule has 4 aromatic carbocycles. The first-order valence-corrected chi connectivity index (χ1v) is 12.9. The molecule has 24 heteroatoms. The lowest BCUT2D eigenvalue weighted by Gasteiger charge is -2.29. The highest BCUT2D eigenvalue weighted by molar-refractivity contribution is 6.51. The van der Waals surface area contributed by atoms with Crippen molar-refractivity contribution in [3.63, 3.8) is 0 Å². The Morgan fingerprint density at radius 1 is 0.327 bits per heavy atom. The molecular weight excluding hydrogens is 778 g/mol. The van der Waals surface area contributed by atoms with Crippen molar-refractivity contribution in [1.82, 2.24) is 0 Å². The Morgan fingerprint density at radius 3 is 1.15 bits per heavy atom. The number of benzene rings is 4. The average Bonchev–Trinajstić information content (AvgIpc) is 3.47. The largest absolute Gasteiger partial charge is 0.647 e. The van der Waals surface area contributed by atoms with Gasteiger partial charge in [-0.2, -0.15) is 22.0 Å². The van der Waals surface area contributed by atoms with Gasteiger partial charge in [-0.1, -0.05) is 0 Å². The van der Waals surface area contributed by atoms with Crippen LogP contribution in [0.3, 0.4) is 0 Å². The first kappa shape index (κ1) is 36.6. The van der Waals surface area contributed by atoms with Crippen LogP contribution in [-0.4, -0.2) is 7.12 Å². The molecule has 0 aromatic heterocycles. The molecule has 0 spiro atoms. The van der Waals surface area contributed by atoms with Gasteiger partial charge in [0.25, 0.3) is 5.57 Å². The number of halogens is 21. The molecule has 0 fully saturated rings. The van der Waals surface area contributed by atoms with E-state index in [-0.39, 0.29) is 0 Å². The van der Waals surface area contributed by atoms with Gasteiger partial charge in [0, 0.05) is 16.7 Å². The SMILES string of the molecule is FC1=C(F)C(F)(B(Oc2c(F)c(F)c(F)c(F)c2F)Oc2c(F)c(F)c(F)c3c2C(F)(F)c2c(F)c(F)c(F)c(F)c2-3)c2c(F)c(F)c(F)c(F)c21. The van der Waals surface area contributed by atoms with Crippen molar-refractivity contribution in [1.29, 1.82) is 0 Å². The first-order valence-electron chi connectivity index (χ1n) is 12.9. The van der Waals surface area contributed by atoms with Crippen LogP contribution in [0.2, 0.25) is 0 Å². The summed E-state index contributed by atoms with van der Waals surface area (Å²) in [5.41, 5.74) is -22.0. The van der Waals surface area contributed by atoms with Gasteiger partial charge in [0.05, 0.1) is 16.7 Å². The zero-order chi connectivity index (χ0) is 39.0. The van der Waals surface area contributed by atoms with Gasteiger partial charge in [0.15, 0.2) is 81.3 Å². The second-order valence-corrected chi connectivity index (χ2v) is 10.4. The molecule has 2 aliphatic carbocycles. The summed E-state index contributed by atoms with van der Waals surface area (Å²) in [7, 11) is -4.74. The first-order chi connectivity index (χ1) is 24.0. The van der Waals surface area contributed by atoms with Gasteiger partial charge >= 0.3 is 13.0 Å². The fourth-order valence-corrected chi connectivity index (χ4v) is 5.44. The van der Waals surface area contributed by atoms with Crippen molar-refractivity contribution in [3.05, 3.63) is 121 Å². The number of allylic oxidation sites excluding steroid dienone is 1. The standard InChI is InChI=1S/C28BF21O2/c30-7-1-2-6(28(49,50)5(1)12(35)17(40)13(7)36)24(21(44)15(38)8(2)31)51-29(52-25-22(45)19(42)18(41)20(43)23(25)46)27(48)4-3(10(33)26(27)47)9(32)14(37)16(39)11(4)34. The highest BCUT2D eigenvalue weighted by Crippen LogP contribution is 2.60. The monoisotopic (exact) mass is 778 g/mol. The molecule has 0 heterocycles. The molecule has 1 unspecified atom stereocenters. The Bertz CT molecular complexity index is 2330. The van der Waals surface area contributed by atoms with Crippen LogP contribution in [0.5, 0.6) is 11.5 Å². The van der Waals surface area contributed by atoms with E-state index in [4.69, 9.17) is 0 Å². The number of alkyl halides is 3.